The fourth-order valence-electron chi connectivity index (χ4n) is 3.28. The van der Waals surface area contributed by atoms with E-state index in [1.165, 1.54) is 0 Å². The Labute approximate surface area is 154 Å². The first-order valence-corrected chi connectivity index (χ1v) is 8.84. The Bertz CT molecular complexity index is 840. The van der Waals surface area contributed by atoms with Crippen LogP contribution in [0.15, 0.2) is 42.5 Å². The lowest BCUT2D eigenvalue weighted by Gasteiger charge is -2.32. The number of aliphatic hydroxyl groups excluding tert-OH is 1. The molecule has 2 aromatic carbocycles. The Morgan fingerprint density at radius 3 is 2.38 bits per heavy atom. The standard InChI is InChI=1S/C21H22N4O/c1-15(17-4-2-16(13-22)3-5-17)24-19-6-7-21(18(12-19)14-23)25-10-8-20(26)9-11-25/h2-7,12,15,20,24,26H,8-11H2,1H3. The lowest BCUT2D eigenvalue weighted by Crippen LogP contribution is -2.36. The van der Waals surface area contributed by atoms with E-state index in [4.69, 9.17) is 5.26 Å². The van der Waals surface area contributed by atoms with Gasteiger partial charge in [-0.05, 0) is 55.7 Å². The molecule has 3 rings (SSSR count). The molecule has 1 unspecified atom stereocenters. The molecule has 0 radical (unpaired) electrons. The van der Waals surface area contributed by atoms with Gasteiger partial charge in [0.2, 0.25) is 0 Å². The summed E-state index contributed by atoms with van der Waals surface area (Å²) in [5.74, 6) is 0. The summed E-state index contributed by atoms with van der Waals surface area (Å²) in [5, 5.41) is 31.5. The lowest BCUT2D eigenvalue weighted by atomic mass is 10.0. The predicted molar refractivity (Wildman–Crippen MR) is 102 cm³/mol. The first kappa shape index (κ1) is 17.8. The van der Waals surface area contributed by atoms with Gasteiger partial charge < -0.3 is 15.3 Å². The molecule has 132 valence electrons. The number of aliphatic hydroxyl groups is 1. The van der Waals surface area contributed by atoms with Crippen molar-refractivity contribution in [3.05, 3.63) is 59.2 Å². The second-order valence-corrected chi connectivity index (χ2v) is 6.66. The van der Waals surface area contributed by atoms with Gasteiger partial charge in [0, 0.05) is 24.8 Å². The molecule has 0 amide bonds. The van der Waals surface area contributed by atoms with Gasteiger partial charge in [-0.15, -0.1) is 0 Å². The van der Waals surface area contributed by atoms with E-state index in [1.54, 1.807) is 0 Å². The van der Waals surface area contributed by atoms with Crippen molar-refractivity contribution in [2.45, 2.75) is 31.9 Å². The molecule has 0 aromatic heterocycles. The van der Waals surface area contributed by atoms with Crippen molar-refractivity contribution in [2.24, 2.45) is 0 Å². The van der Waals surface area contributed by atoms with Crippen molar-refractivity contribution < 1.29 is 5.11 Å². The van der Waals surface area contributed by atoms with Crippen LogP contribution in [0.3, 0.4) is 0 Å². The van der Waals surface area contributed by atoms with Crippen molar-refractivity contribution in [1.29, 1.82) is 10.5 Å². The number of nitrogens with one attached hydrogen (secondary N) is 1. The molecule has 5 heteroatoms. The molecule has 1 aliphatic rings. The summed E-state index contributed by atoms with van der Waals surface area (Å²) in [6, 6.07) is 17.8. The van der Waals surface area contributed by atoms with Crippen LogP contribution in [0, 0.1) is 22.7 Å². The van der Waals surface area contributed by atoms with Gasteiger partial charge in [0.05, 0.1) is 29.0 Å². The predicted octanol–water partition coefficient (Wildman–Crippen LogP) is 3.56. The number of nitrogens with zero attached hydrogens (tertiary/aromatic N) is 3. The topological polar surface area (TPSA) is 83.1 Å². The van der Waals surface area contributed by atoms with E-state index in [0.717, 1.165) is 42.9 Å². The molecule has 1 aliphatic heterocycles. The maximum absolute atomic E-state index is 9.67. The number of hydrogen-bond acceptors (Lipinski definition) is 5. The average molecular weight is 346 g/mol. The van der Waals surface area contributed by atoms with E-state index in [2.05, 4.69) is 22.4 Å². The second-order valence-electron chi connectivity index (χ2n) is 6.66. The molecule has 0 spiro atoms. The molecule has 1 heterocycles. The Hall–Kier alpha value is -3.02. The number of piperidine rings is 1. The summed E-state index contributed by atoms with van der Waals surface area (Å²) >= 11 is 0. The highest BCUT2D eigenvalue weighted by molar-refractivity contribution is 5.66. The Kier molecular flexibility index (Phi) is 5.41. The second kappa shape index (κ2) is 7.91. The van der Waals surface area contributed by atoms with E-state index in [0.29, 0.717) is 11.1 Å². The zero-order valence-corrected chi connectivity index (χ0v) is 14.8. The van der Waals surface area contributed by atoms with Crippen LogP contribution in [-0.2, 0) is 0 Å². The molecule has 1 saturated heterocycles. The zero-order chi connectivity index (χ0) is 18.5. The summed E-state index contributed by atoms with van der Waals surface area (Å²) in [5.41, 5.74) is 4.17. The van der Waals surface area contributed by atoms with Crippen molar-refractivity contribution in [3.63, 3.8) is 0 Å². The van der Waals surface area contributed by atoms with Gasteiger partial charge in [-0.25, -0.2) is 0 Å². The largest absolute Gasteiger partial charge is 0.393 e. The summed E-state index contributed by atoms with van der Waals surface area (Å²) in [6.45, 7) is 3.59. The molecule has 0 saturated carbocycles. The molecule has 2 N–H and O–H groups in total. The zero-order valence-electron chi connectivity index (χ0n) is 14.8. The minimum Gasteiger partial charge on any atom is -0.393 e. The smallest absolute Gasteiger partial charge is 0.101 e. The van der Waals surface area contributed by atoms with E-state index in [-0.39, 0.29) is 12.1 Å². The minimum atomic E-state index is -0.231. The SMILES string of the molecule is CC(Nc1ccc(N2CCC(O)CC2)c(C#N)c1)c1ccc(C#N)cc1. The van der Waals surface area contributed by atoms with E-state index >= 15 is 0 Å². The van der Waals surface area contributed by atoms with Crippen LogP contribution in [0.25, 0.3) is 0 Å². The Morgan fingerprint density at radius 1 is 1.08 bits per heavy atom. The number of benzene rings is 2. The molecule has 0 aliphatic carbocycles. The molecule has 2 aromatic rings. The third-order valence-corrected chi connectivity index (χ3v) is 4.85. The van der Waals surface area contributed by atoms with Gasteiger partial charge in [-0.2, -0.15) is 10.5 Å². The van der Waals surface area contributed by atoms with Crippen LogP contribution in [0.1, 0.15) is 42.5 Å². The number of hydrogen-bond donors (Lipinski definition) is 2. The fraction of sp³-hybridized carbons (Fsp3) is 0.333. The monoisotopic (exact) mass is 346 g/mol. The van der Waals surface area contributed by atoms with Crippen LogP contribution < -0.4 is 10.2 Å². The maximum atomic E-state index is 9.67. The first-order valence-electron chi connectivity index (χ1n) is 8.84. The van der Waals surface area contributed by atoms with Gasteiger partial charge in [-0.1, -0.05) is 12.1 Å². The van der Waals surface area contributed by atoms with Gasteiger partial charge in [-0.3, -0.25) is 0 Å². The van der Waals surface area contributed by atoms with Gasteiger partial charge in [0.15, 0.2) is 0 Å². The third kappa shape index (κ3) is 3.96. The highest BCUT2D eigenvalue weighted by atomic mass is 16.3. The number of nitriles is 2. The highest BCUT2D eigenvalue weighted by Crippen LogP contribution is 2.28. The minimum absolute atomic E-state index is 0.0604. The third-order valence-electron chi connectivity index (χ3n) is 4.85. The quantitative estimate of drug-likeness (QED) is 0.884. The van der Waals surface area contributed by atoms with E-state index in [1.807, 2.05) is 49.4 Å². The lowest BCUT2D eigenvalue weighted by molar-refractivity contribution is 0.145. The molecule has 1 fully saturated rings. The van der Waals surface area contributed by atoms with Crippen LogP contribution in [0.5, 0.6) is 0 Å². The van der Waals surface area contributed by atoms with E-state index in [9.17, 15) is 10.4 Å². The summed E-state index contributed by atoms with van der Waals surface area (Å²) in [6.07, 6.45) is 1.24. The van der Waals surface area contributed by atoms with Crippen molar-refractivity contribution in [3.8, 4) is 12.1 Å². The molecular formula is C21H22N4O. The maximum Gasteiger partial charge on any atom is 0.101 e. The van der Waals surface area contributed by atoms with Gasteiger partial charge >= 0.3 is 0 Å². The molecular weight excluding hydrogens is 324 g/mol. The summed E-state index contributed by atoms with van der Waals surface area (Å²) in [4.78, 5) is 2.17. The summed E-state index contributed by atoms with van der Waals surface area (Å²) < 4.78 is 0. The Morgan fingerprint density at radius 2 is 1.77 bits per heavy atom. The molecule has 5 nitrogen and oxygen atoms in total. The molecule has 0 bridgehead atoms. The number of anilines is 2. The molecule has 1 atom stereocenters. The van der Waals surface area contributed by atoms with Crippen LogP contribution >= 0.6 is 0 Å². The average Bonchev–Trinajstić information content (AvgIpc) is 2.68. The van der Waals surface area contributed by atoms with Crippen molar-refractivity contribution in [1.82, 2.24) is 0 Å². The van der Waals surface area contributed by atoms with Crippen molar-refractivity contribution in [2.75, 3.05) is 23.3 Å². The van der Waals surface area contributed by atoms with Gasteiger partial charge in [0.1, 0.15) is 6.07 Å². The van der Waals surface area contributed by atoms with Crippen LogP contribution in [0.4, 0.5) is 11.4 Å². The van der Waals surface area contributed by atoms with Crippen LogP contribution in [-0.4, -0.2) is 24.3 Å². The van der Waals surface area contributed by atoms with Crippen molar-refractivity contribution >= 4 is 11.4 Å². The Balaban J connectivity index is 1.74. The first-order chi connectivity index (χ1) is 12.6. The van der Waals surface area contributed by atoms with E-state index < -0.39 is 0 Å². The van der Waals surface area contributed by atoms with Crippen LogP contribution in [0.2, 0.25) is 0 Å². The number of rotatable bonds is 4. The van der Waals surface area contributed by atoms with Gasteiger partial charge in [0.25, 0.3) is 0 Å². The highest BCUT2D eigenvalue weighted by Gasteiger charge is 2.19. The fourth-order valence-corrected chi connectivity index (χ4v) is 3.28. The molecule has 26 heavy (non-hydrogen) atoms. The summed E-state index contributed by atoms with van der Waals surface area (Å²) in [7, 11) is 0. The normalized spacial score (nSPS) is 15.8.